The molecule has 2 N–H and O–H groups in total. The first-order chi connectivity index (χ1) is 15.6. The molecule has 0 radical (unpaired) electrons. The fraction of sp³-hybridized carbons (Fsp3) is 0.583. The minimum atomic E-state index is -0.00234. The van der Waals surface area contributed by atoms with Crippen LogP contribution in [0.4, 0.5) is 5.69 Å². The molecule has 0 saturated carbocycles. The molecule has 1 amide bonds. The van der Waals surface area contributed by atoms with Gasteiger partial charge in [0.25, 0.3) is 5.91 Å². The molecule has 32 heavy (non-hydrogen) atoms. The molecule has 174 valence electrons. The van der Waals surface area contributed by atoms with Gasteiger partial charge in [-0.15, -0.1) is 0 Å². The monoisotopic (exact) mass is 440 g/mol. The van der Waals surface area contributed by atoms with Gasteiger partial charge in [0.1, 0.15) is 0 Å². The summed E-state index contributed by atoms with van der Waals surface area (Å²) >= 11 is 0. The van der Waals surface area contributed by atoms with Gasteiger partial charge in [0.05, 0.1) is 18.9 Å². The molecule has 3 heterocycles. The number of nitrogens with zero attached hydrogens (tertiary/aromatic N) is 4. The van der Waals surface area contributed by atoms with Crippen molar-refractivity contribution < 1.29 is 9.53 Å². The van der Waals surface area contributed by atoms with Gasteiger partial charge >= 0.3 is 0 Å². The maximum absolute atomic E-state index is 12.4. The largest absolute Gasteiger partial charge is 0.379 e. The van der Waals surface area contributed by atoms with Crippen LogP contribution in [0, 0.1) is 6.92 Å². The van der Waals surface area contributed by atoms with Crippen LogP contribution < -0.4 is 15.5 Å². The summed E-state index contributed by atoms with van der Waals surface area (Å²) in [5.41, 5.74) is 4.20. The zero-order valence-electron chi connectivity index (χ0n) is 19.3. The Bertz CT molecular complexity index is 848. The molecule has 1 aromatic heterocycles. The van der Waals surface area contributed by atoms with Crippen molar-refractivity contribution in [3.05, 3.63) is 47.3 Å². The maximum atomic E-state index is 12.4. The molecule has 0 atom stereocenters. The molecule has 0 aliphatic carbocycles. The highest BCUT2D eigenvalue weighted by molar-refractivity contribution is 5.94. The molecule has 2 fully saturated rings. The second-order valence-corrected chi connectivity index (χ2v) is 8.80. The predicted octanol–water partition coefficient (Wildman–Crippen LogP) is 1.55. The molecule has 2 aliphatic rings. The van der Waals surface area contributed by atoms with E-state index in [0.29, 0.717) is 12.6 Å². The summed E-state index contributed by atoms with van der Waals surface area (Å²) in [6.45, 7) is 9.93. The van der Waals surface area contributed by atoms with Crippen molar-refractivity contribution in [2.75, 3.05) is 57.4 Å². The summed E-state index contributed by atoms with van der Waals surface area (Å²) in [5.74, 6) is -0.00234. The van der Waals surface area contributed by atoms with Gasteiger partial charge in [0, 0.05) is 75.8 Å². The number of aromatic nitrogens is 2. The number of carbonyl (C=O) groups is 1. The zero-order chi connectivity index (χ0) is 22.3. The first-order valence-corrected chi connectivity index (χ1v) is 11.7. The first-order valence-electron chi connectivity index (χ1n) is 11.7. The van der Waals surface area contributed by atoms with E-state index in [1.165, 1.54) is 11.4 Å². The lowest BCUT2D eigenvalue weighted by atomic mass is 10.0. The number of carbonyl (C=O) groups excluding carboxylic acids is 1. The number of morpholine rings is 1. The summed E-state index contributed by atoms with van der Waals surface area (Å²) in [6.07, 6.45) is 2.21. The minimum absolute atomic E-state index is 0.00234. The number of hydrogen-bond donors (Lipinski definition) is 2. The van der Waals surface area contributed by atoms with Crippen LogP contribution in [-0.4, -0.2) is 79.1 Å². The van der Waals surface area contributed by atoms with E-state index in [0.717, 1.165) is 76.6 Å². The van der Waals surface area contributed by atoms with Crippen molar-refractivity contribution in [3.63, 3.8) is 0 Å². The summed E-state index contributed by atoms with van der Waals surface area (Å²) in [5, 5.41) is 11.2. The van der Waals surface area contributed by atoms with Gasteiger partial charge in [-0.25, -0.2) is 0 Å². The van der Waals surface area contributed by atoms with Crippen molar-refractivity contribution >= 4 is 11.6 Å². The van der Waals surface area contributed by atoms with Gasteiger partial charge in [-0.2, -0.15) is 5.10 Å². The minimum Gasteiger partial charge on any atom is -0.379 e. The molecule has 2 saturated heterocycles. The van der Waals surface area contributed by atoms with E-state index in [-0.39, 0.29) is 5.91 Å². The molecule has 4 rings (SSSR count). The highest BCUT2D eigenvalue weighted by atomic mass is 16.5. The van der Waals surface area contributed by atoms with Gasteiger partial charge in [-0.1, -0.05) is 0 Å². The lowest BCUT2D eigenvalue weighted by Gasteiger charge is -2.34. The Balaban J connectivity index is 1.18. The maximum Gasteiger partial charge on any atom is 0.251 e. The number of aryl methyl sites for hydroxylation is 2. The second-order valence-electron chi connectivity index (χ2n) is 8.80. The van der Waals surface area contributed by atoms with Crippen LogP contribution in [0.5, 0.6) is 0 Å². The SMILES string of the molecule is Cc1cc(CNC2CCN(c3ccc(C(=O)NCCN4CCOCC4)cc3)CC2)nn1C. The Morgan fingerprint density at radius 1 is 1.12 bits per heavy atom. The van der Waals surface area contributed by atoms with Gasteiger partial charge in [-0.05, 0) is 50.1 Å². The molecule has 0 bridgehead atoms. The van der Waals surface area contributed by atoms with E-state index in [1.54, 1.807) is 0 Å². The van der Waals surface area contributed by atoms with Gasteiger partial charge in [0.2, 0.25) is 0 Å². The smallest absolute Gasteiger partial charge is 0.251 e. The van der Waals surface area contributed by atoms with Crippen LogP contribution in [-0.2, 0) is 18.3 Å². The standard InChI is InChI=1S/C24H36N6O2/c1-19-17-22(27-28(19)2)18-26-21-7-10-30(11-8-21)23-5-3-20(4-6-23)24(31)25-9-12-29-13-15-32-16-14-29/h3-6,17,21,26H,7-16,18H2,1-2H3,(H,25,31). The van der Waals surface area contributed by atoms with Crippen molar-refractivity contribution in [1.82, 2.24) is 25.3 Å². The number of piperidine rings is 1. The Morgan fingerprint density at radius 2 is 1.84 bits per heavy atom. The van der Waals surface area contributed by atoms with Crippen molar-refractivity contribution in [2.24, 2.45) is 7.05 Å². The third-order valence-electron chi connectivity index (χ3n) is 6.54. The third kappa shape index (κ3) is 6.09. The van der Waals surface area contributed by atoms with Crippen molar-refractivity contribution in [2.45, 2.75) is 32.4 Å². The van der Waals surface area contributed by atoms with Gasteiger partial charge in [-0.3, -0.25) is 14.4 Å². The van der Waals surface area contributed by atoms with Crippen LogP contribution in [0.25, 0.3) is 0 Å². The number of rotatable bonds is 8. The number of ether oxygens (including phenoxy) is 1. The van der Waals surface area contributed by atoms with Crippen molar-refractivity contribution in [3.8, 4) is 0 Å². The molecule has 0 unspecified atom stereocenters. The number of anilines is 1. The van der Waals surface area contributed by atoms with Crippen molar-refractivity contribution in [1.29, 1.82) is 0 Å². The first kappa shape index (κ1) is 22.8. The summed E-state index contributed by atoms with van der Waals surface area (Å²) in [7, 11) is 1.98. The summed E-state index contributed by atoms with van der Waals surface area (Å²) < 4.78 is 7.28. The fourth-order valence-corrected chi connectivity index (χ4v) is 4.39. The molecular formula is C24H36N6O2. The van der Waals surface area contributed by atoms with Gasteiger partial charge in [0.15, 0.2) is 0 Å². The van der Waals surface area contributed by atoms with Crippen LogP contribution in [0.2, 0.25) is 0 Å². The molecule has 0 spiro atoms. The van der Waals surface area contributed by atoms with E-state index < -0.39 is 0 Å². The number of hydrogen-bond acceptors (Lipinski definition) is 6. The molecule has 8 heteroatoms. The Labute approximate surface area is 190 Å². The topological polar surface area (TPSA) is 74.7 Å². The Hall–Kier alpha value is -2.42. The van der Waals surface area contributed by atoms with Gasteiger partial charge < -0.3 is 20.3 Å². The fourth-order valence-electron chi connectivity index (χ4n) is 4.39. The Morgan fingerprint density at radius 3 is 2.50 bits per heavy atom. The Kier molecular flexibility index (Phi) is 7.78. The third-order valence-corrected chi connectivity index (χ3v) is 6.54. The number of benzene rings is 1. The highest BCUT2D eigenvalue weighted by Gasteiger charge is 2.20. The average Bonchev–Trinajstić information content (AvgIpc) is 3.16. The summed E-state index contributed by atoms with van der Waals surface area (Å²) in [4.78, 5) is 17.2. The predicted molar refractivity (Wildman–Crippen MR) is 126 cm³/mol. The van der Waals surface area contributed by atoms with Crippen LogP contribution in [0.3, 0.4) is 0 Å². The summed E-state index contributed by atoms with van der Waals surface area (Å²) in [6, 6.07) is 10.7. The van der Waals surface area contributed by atoms with Crippen LogP contribution in [0.15, 0.2) is 30.3 Å². The van der Waals surface area contributed by atoms with E-state index in [4.69, 9.17) is 4.74 Å². The average molecular weight is 441 g/mol. The molecule has 2 aromatic rings. The highest BCUT2D eigenvalue weighted by Crippen LogP contribution is 2.21. The van der Waals surface area contributed by atoms with E-state index >= 15 is 0 Å². The van der Waals surface area contributed by atoms with Crippen LogP contribution in [0.1, 0.15) is 34.6 Å². The number of amides is 1. The van der Waals surface area contributed by atoms with E-state index in [9.17, 15) is 4.79 Å². The quantitative estimate of drug-likeness (QED) is 0.649. The van der Waals surface area contributed by atoms with E-state index in [1.807, 2.05) is 23.9 Å². The lowest BCUT2D eigenvalue weighted by molar-refractivity contribution is 0.0383. The normalized spacial score (nSPS) is 18.1. The molecular weight excluding hydrogens is 404 g/mol. The van der Waals surface area contributed by atoms with Crippen LogP contribution >= 0.6 is 0 Å². The molecule has 8 nitrogen and oxygen atoms in total. The second kappa shape index (κ2) is 10.9. The lowest BCUT2D eigenvalue weighted by Crippen LogP contribution is -2.42. The molecule has 1 aromatic carbocycles. The van der Waals surface area contributed by atoms with E-state index in [2.05, 4.69) is 50.7 Å². The zero-order valence-corrected chi connectivity index (χ0v) is 19.3. The molecule has 2 aliphatic heterocycles. The number of nitrogens with one attached hydrogen (secondary N) is 2.